The molecule has 10 aromatic rings. The fraction of sp³-hybridized carbons (Fsp3) is 0. The molecule has 0 atom stereocenters. The highest BCUT2D eigenvalue weighted by Gasteiger charge is 2.22. The number of hydrogen-bond donors (Lipinski definition) is 0. The van der Waals surface area contributed by atoms with Gasteiger partial charge in [0.15, 0.2) is 0 Å². The van der Waals surface area contributed by atoms with Gasteiger partial charge in [-0.3, -0.25) is 0 Å². The normalized spacial score (nSPS) is 11.6. The molecule has 0 radical (unpaired) electrons. The lowest BCUT2D eigenvalue weighted by Crippen LogP contribution is -2.11. The second-order valence-electron chi connectivity index (χ2n) is 12.9. The Morgan fingerprint density at radius 1 is 0.340 bits per heavy atom. The Morgan fingerprint density at radius 3 is 1.78 bits per heavy atom. The summed E-state index contributed by atoms with van der Waals surface area (Å²) in [5, 5.41) is 9.53. The first kappa shape index (κ1) is 28.4. The number of anilines is 3. The third-order valence-electron chi connectivity index (χ3n) is 10.0. The SMILES string of the molecule is c1ccc(N(c2ccc(-c3ccc4ccccc4c3)cc2)c2cccc3ccccc23)c(-c2cccc3oc4cc5ccccc5cc4c23)c1. The number of rotatable bonds is 5. The first-order chi connectivity index (χ1) is 24.8. The quantitative estimate of drug-likeness (QED) is 0.187. The van der Waals surface area contributed by atoms with Crippen LogP contribution in [0.5, 0.6) is 0 Å². The van der Waals surface area contributed by atoms with Gasteiger partial charge >= 0.3 is 0 Å². The van der Waals surface area contributed by atoms with Gasteiger partial charge in [0.1, 0.15) is 11.2 Å². The van der Waals surface area contributed by atoms with Crippen molar-refractivity contribution in [2.24, 2.45) is 0 Å². The first-order valence-electron chi connectivity index (χ1n) is 17.1. The van der Waals surface area contributed by atoms with Gasteiger partial charge < -0.3 is 9.32 Å². The van der Waals surface area contributed by atoms with E-state index >= 15 is 0 Å². The smallest absolute Gasteiger partial charge is 0.136 e. The summed E-state index contributed by atoms with van der Waals surface area (Å²) >= 11 is 0. The van der Waals surface area contributed by atoms with Crippen LogP contribution >= 0.6 is 0 Å². The van der Waals surface area contributed by atoms with Gasteiger partial charge in [-0.1, -0.05) is 140 Å². The van der Waals surface area contributed by atoms with Crippen LogP contribution in [0.1, 0.15) is 0 Å². The van der Waals surface area contributed by atoms with Crippen molar-refractivity contribution in [1.82, 2.24) is 0 Å². The molecule has 0 saturated heterocycles. The Labute approximate surface area is 290 Å². The summed E-state index contributed by atoms with van der Waals surface area (Å²) in [6, 6.07) is 67.6. The van der Waals surface area contributed by atoms with Crippen molar-refractivity contribution in [3.63, 3.8) is 0 Å². The maximum atomic E-state index is 6.52. The van der Waals surface area contributed by atoms with Gasteiger partial charge in [-0.25, -0.2) is 0 Å². The topological polar surface area (TPSA) is 16.4 Å². The molecular formula is C48H31NO. The van der Waals surface area contributed by atoms with Crippen molar-refractivity contribution in [1.29, 1.82) is 0 Å². The average molecular weight is 638 g/mol. The van der Waals surface area contributed by atoms with Crippen LogP contribution in [0, 0.1) is 0 Å². The van der Waals surface area contributed by atoms with Crippen molar-refractivity contribution in [3.8, 4) is 22.3 Å². The standard InChI is InChI=1S/C48H31NO/c1-2-13-35-29-38(24-23-32(35)11-1)33-25-27-39(28-26-33)49(44-21-9-16-34-12-5-6-17-40(34)44)45-20-8-7-18-41(45)42-19-10-22-46-48(42)43-30-36-14-3-4-15-37(36)31-47(43)50-46/h1-31H. The van der Waals surface area contributed by atoms with Gasteiger partial charge in [0.05, 0.1) is 11.4 Å². The van der Waals surface area contributed by atoms with Crippen LogP contribution in [0.15, 0.2) is 192 Å². The molecule has 0 amide bonds. The molecule has 0 aliphatic heterocycles. The molecule has 0 bridgehead atoms. The highest BCUT2D eigenvalue weighted by molar-refractivity contribution is 6.17. The molecule has 50 heavy (non-hydrogen) atoms. The molecule has 0 aliphatic carbocycles. The van der Waals surface area contributed by atoms with E-state index < -0.39 is 0 Å². The van der Waals surface area contributed by atoms with E-state index in [-0.39, 0.29) is 0 Å². The van der Waals surface area contributed by atoms with Crippen molar-refractivity contribution in [3.05, 3.63) is 188 Å². The summed E-state index contributed by atoms with van der Waals surface area (Å²) < 4.78 is 6.52. The summed E-state index contributed by atoms with van der Waals surface area (Å²) in [4.78, 5) is 2.42. The van der Waals surface area contributed by atoms with Crippen LogP contribution in [0.25, 0.3) is 76.5 Å². The molecule has 2 nitrogen and oxygen atoms in total. The largest absolute Gasteiger partial charge is 0.456 e. The van der Waals surface area contributed by atoms with E-state index in [0.29, 0.717) is 0 Å². The highest BCUT2D eigenvalue weighted by Crippen LogP contribution is 2.46. The summed E-state index contributed by atoms with van der Waals surface area (Å²) in [6.07, 6.45) is 0. The van der Waals surface area contributed by atoms with E-state index in [2.05, 4.69) is 193 Å². The Hall–Kier alpha value is -6.64. The van der Waals surface area contributed by atoms with Crippen LogP contribution in [0.4, 0.5) is 17.1 Å². The minimum absolute atomic E-state index is 0.888. The number of para-hydroxylation sites is 1. The van der Waals surface area contributed by atoms with Crippen molar-refractivity contribution in [2.45, 2.75) is 0 Å². The van der Waals surface area contributed by atoms with Crippen LogP contribution < -0.4 is 4.90 Å². The average Bonchev–Trinajstić information content (AvgIpc) is 3.55. The van der Waals surface area contributed by atoms with E-state index in [4.69, 9.17) is 4.42 Å². The van der Waals surface area contributed by atoms with Gasteiger partial charge in [0, 0.05) is 27.4 Å². The lowest BCUT2D eigenvalue weighted by Gasteiger charge is -2.29. The van der Waals surface area contributed by atoms with Crippen LogP contribution in [0.2, 0.25) is 0 Å². The minimum Gasteiger partial charge on any atom is -0.456 e. The Bertz CT molecular complexity index is 2870. The van der Waals surface area contributed by atoms with Gasteiger partial charge in [-0.15, -0.1) is 0 Å². The number of benzene rings is 9. The maximum Gasteiger partial charge on any atom is 0.136 e. The second-order valence-corrected chi connectivity index (χ2v) is 12.9. The number of fused-ring (bicyclic) bond motifs is 6. The third-order valence-corrected chi connectivity index (χ3v) is 10.0. The van der Waals surface area contributed by atoms with E-state index in [1.54, 1.807) is 0 Å². The van der Waals surface area contributed by atoms with E-state index in [1.807, 2.05) is 0 Å². The summed E-state index contributed by atoms with van der Waals surface area (Å²) in [6.45, 7) is 0. The zero-order valence-corrected chi connectivity index (χ0v) is 27.3. The van der Waals surface area contributed by atoms with Crippen LogP contribution in [0.3, 0.4) is 0 Å². The lowest BCUT2D eigenvalue weighted by atomic mass is 9.95. The Balaban J connectivity index is 1.19. The van der Waals surface area contributed by atoms with Gasteiger partial charge in [0.2, 0.25) is 0 Å². The minimum atomic E-state index is 0.888. The van der Waals surface area contributed by atoms with Gasteiger partial charge in [0.25, 0.3) is 0 Å². The second kappa shape index (κ2) is 11.5. The number of nitrogens with zero attached hydrogens (tertiary/aromatic N) is 1. The van der Waals surface area contributed by atoms with E-state index in [9.17, 15) is 0 Å². The molecule has 0 aliphatic rings. The predicted molar refractivity (Wildman–Crippen MR) is 212 cm³/mol. The van der Waals surface area contributed by atoms with Crippen LogP contribution in [-0.2, 0) is 0 Å². The molecule has 9 aromatic carbocycles. The molecular weight excluding hydrogens is 607 g/mol. The molecule has 2 heteroatoms. The molecule has 0 fully saturated rings. The summed E-state index contributed by atoms with van der Waals surface area (Å²) in [5.74, 6) is 0. The van der Waals surface area contributed by atoms with Crippen LogP contribution in [-0.4, -0.2) is 0 Å². The monoisotopic (exact) mass is 637 g/mol. The third kappa shape index (κ3) is 4.65. The van der Waals surface area contributed by atoms with Gasteiger partial charge in [-0.2, -0.15) is 0 Å². The molecule has 0 unspecified atom stereocenters. The van der Waals surface area contributed by atoms with Crippen molar-refractivity contribution < 1.29 is 4.42 Å². The van der Waals surface area contributed by atoms with Crippen molar-refractivity contribution >= 4 is 71.3 Å². The first-order valence-corrected chi connectivity index (χ1v) is 17.1. The summed E-state index contributed by atoms with van der Waals surface area (Å²) in [7, 11) is 0. The zero-order chi connectivity index (χ0) is 33.0. The molecule has 1 aromatic heterocycles. The molecule has 234 valence electrons. The Kier molecular flexibility index (Phi) is 6.53. The maximum absolute atomic E-state index is 6.52. The number of hydrogen-bond acceptors (Lipinski definition) is 2. The summed E-state index contributed by atoms with van der Waals surface area (Å²) in [5.41, 5.74) is 9.79. The fourth-order valence-corrected chi connectivity index (χ4v) is 7.62. The van der Waals surface area contributed by atoms with E-state index in [1.165, 1.54) is 43.4 Å². The van der Waals surface area contributed by atoms with E-state index in [0.717, 1.165) is 50.1 Å². The predicted octanol–water partition coefficient (Wildman–Crippen LogP) is 13.8. The highest BCUT2D eigenvalue weighted by atomic mass is 16.3. The molecule has 10 rings (SSSR count). The number of furan rings is 1. The zero-order valence-electron chi connectivity index (χ0n) is 27.3. The molecule has 1 heterocycles. The van der Waals surface area contributed by atoms with Gasteiger partial charge in [-0.05, 0) is 92.2 Å². The molecule has 0 N–H and O–H groups in total. The fourth-order valence-electron chi connectivity index (χ4n) is 7.62. The Morgan fingerprint density at radius 2 is 0.940 bits per heavy atom. The molecule has 0 spiro atoms. The lowest BCUT2D eigenvalue weighted by molar-refractivity contribution is 0.669. The molecule has 0 saturated carbocycles. The van der Waals surface area contributed by atoms with Crippen molar-refractivity contribution in [2.75, 3.05) is 4.90 Å².